The Kier molecular flexibility index (Phi) is 16.0. The Morgan fingerprint density at radius 3 is 2.52 bits per heavy atom. The van der Waals surface area contributed by atoms with Crippen molar-refractivity contribution in [2.24, 2.45) is 11.8 Å². The summed E-state index contributed by atoms with van der Waals surface area (Å²) in [5.74, 6) is 0.983. The summed E-state index contributed by atoms with van der Waals surface area (Å²) in [5, 5.41) is 5.92. The number of hydrogen-bond acceptors (Lipinski definition) is 5. The van der Waals surface area contributed by atoms with Crippen molar-refractivity contribution in [3.8, 4) is 0 Å². The number of carbonyl (C=O) groups is 1. The van der Waals surface area contributed by atoms with Crippen LogP contribution < -0.4 is 15.6 Å². The molecule has 7 heteroatoms. The molecule has 3 N–H and O–H groups in total. The highest BCUT2D eigenvalue weighted by atomic mass is 32.2. The zero-order valence-corrected chi connectivity index (χ0v) is 31.2. The maximum atomic E-state index is 13.6. The summed E-state index contributed by atoms with van der Waals surface area (Å²) in [5.41, 5.74) is 4.74. The Balaban J connectivity index is 1.16. The molecule has 1 aliphatic heterocycles. The van der Waals surface area contributed by atoms with Gasteiger partial charge in [-0.2, -0.15) is 0 Å². The van der Waals surface area contributed by atoms with Crippen molar-refractivity contribution in [3.05, 3.63) is 70.4 Å². The highest BCUT2D eigenvalue weighted by Gasteiger charge is 2.39. The predicted octanol–water partition coefficient (Wildman–Crippen LogP) is 9.59. The number of amides is 1. The fourth-order valence-electron chi connectivity index (χ4n) is 7.56. The first-order valence-corrected chi connectivity index (χ1v) is 20.1. The van der Waals surface area contributed by atoms with Gasteiger partial charge in [-0.1, -0.05) is 91.4 Å². The van der Waals surface area contributed by atoms with Crippen LogP contribution in [0.5, 0.6) is 0 Å². The second-order valence-electron chi connectivity index (χ2n) is 14.5. The van der Waals surface area contributed by atoms with Gasteiger partial charge in [0, 0.05) is 46.7 Å². The number of nitrogens with zero attached hydrogens (tertiary/aromatic N) is 1. The van der Waals surface area contributed by atoms with E-state index in [1.807, 2.05) is 18.0 Å². The number of aryl methyl sites for hydroxylation is 2. The third-order valence-corrected chi connectivity index (χ3v) is 11.8. The summed E-state index contributed by atoms with van der Waals surface area (Å²) >= 11 is 1.84. The van der Waals surface area contributed by atoms with Crippen LogP contribution in [0.2, 0.25) is 0 Å². The highest BCUT2D eigenvalue weighted by Crippen LogP contribution is 2.38. The number of likely N-dealkylation sites (tertiary alicyclic amines) is 1. The maximum Gasteiger partial charge on any atom is 0.255 e. The average Bonchev–Trinajstić information content (AvgIpc) is 3.80. The highest BCUT2D eigenvalue weighted by molar-refractivity contribution is 7.98. The molecular formula is C41H64N4O2S. The van der Waals surface area contributed by atoms with Gasteiger partial charge in [0.1, 0.15) is 0 Å². The van der Waals surface area contributed by atoms with Gasteiger partial charge in [-0.3, -0.25) is 9.59 Å². The number of pyridine rings is 1. The van der Waals surface area contributed by atoms with Crippen molar-refractivity contribution >= 4 is 28.6 Å². The number of fused-ring (bicyclic) bond motifs is 1. The first-order chi connectivity index (χ1) is 23.3. The molecule has 1 aromatic heterocycles. The van der Waals surface area contributed by atoms with E-state index >= 15 is 0 Å². The molecular weight excluding hydrogens is 613 g/mol. The van der Waals surface area contributed by atoms with E-state index in [4.69, 9.17) is 0 Å². The molecule has 3 atom stereocenters. The van der Waals surface area contributed by atoms with Crippen LogP contribution >= 0.6 is 11.9 Å². The molecule has 4 rings (SSSR count). The molecule has 266 valence electrons. The van der Waals surface area contributed by atoms with Gasteiger partial charge in [-0.15, -0.1) is 0 Å². The molecule has 1 aromatic carbocycles. The molecule has 2 heterocycles. The minimum atomic E-state index is -0.00370. The number of benzene rings is 1. The molecule has 2 unspecified atom stereocenters. The summed E-state index contributed by atoms with van der Waals surface area (Å²) in [7, 11) is 0. The summed E-state index contributed by atoms with van der Waals surface area (Å²) in [6.45, 7) is 16.8. The molecule has 0 spiro atoms. The van der Waals surface area contributed by atoms with Crippen LogP contribution in [-0.4, -0.2) is 40.2 Å². The predicted molar refractivity (Wildman–Crippen MR) is 206 cm³/mol. The molecule has 0 radical (unpaired) electrons. The fourth-order valence-corrected chi connectivity index (χ4v) is 8.38. The van der Waals surface area contributed by atoms with Crippen molar-refractivity contribution in [1.82, 2.24) is 19.9 Å². The van der Waals surface area contributed by atoms with E-state index in [2.05, 4.69) is 66.0 Å². The Labute approximate surface area is 295 Å². The van der Waals surface area contributed by atoms with Gasteiger partial charge in [-0.25, -0.2) is 0 Å². The van der Waals surface area contributed by atoms with Crippen LogP contribution in [0.15, 0.2) is 53.7 Å². The molecule has 2 aromatic rings. The van der Waals surface area contributed by atoms with Crippen molar-refractivity contribution in [3.63, 3.8) is 0 Å². The zero-order chi connectivity index (χ0) is 34.3. The molecule has 1 aliphatic carbocycles. The molecule has 2 fully saturated rings. The number of aromatic amines is 1. The van der Waals surface area contributed by atoms with E-state index in [9.17, 15) is 9.59 Å². The molecule has 1 amide bonds. The number of aromatic nitrogens is 1. The molecule has 1 saturated carbocycles. The average molecular weight is 677 g/mol. The van der Waals surface area contributed by atoms with E-state index in [0.29, 0.717) is 12.5 Å². The van der Waals surface area contributed by atoms with E-state index in [0.717, 1.165) is 85.3 Å². The van der Waals surface area contributed by atoms with Gasteiger partial charge in [0.05, 0.1) is 6.54 Å². The molecule has 6 nitrogen and oxygen atoms in total. The van der Waals surface area contributed by atoms with E-state index in [1.165, 1.54) is 75.3 Å². The number of unbranched alkanes of at least 4 members (excludes halogenated alkanes) is 8. The minimum absolute atomic E-state index is 0.00370. The normalized spacial score (nSPS) is 17.4. The van der Waals surface area contributed by atoms with E-state index < -0.39 is 0 Å². The quantitative estimate of drug-likeness (QED) is 0.0763. The second kappa shape index (κ2) is 20.1. The van der Waals surface area contributed by atoms with Crippen molar-refractivity contribution < 1.29 is 4.79 Å². The lowest BCUT2D eigenvalue weighted by Gasteiger charge is -2.37. The molecule has 1 saturated heterocycles. The van der Waals surface area contributed by atoms with Crippen LogP contribution in [-0.2, 0) is 17.6 Å². The third-order valence-electron chi connectivity index (χ3n) is 10.6. The number of carbonyl (C=O) groups excluding carboxylic acids is 1. The summed E-state index contributed by atoms with van der Waals surface area (Å²) in [4.78, 5) is 30.8. The topological polar surface area (TPSA) is 77.2 Å². The van der Waals surface area contributed by atoms with E-state index in [1.54, 1.807) is 6.20 Å². The van der Waals surface area contributed by atoms with Crippen LogP contribution in [0.1, 0.15) is 135 Å². The summed E-state index contributed by atoms with van der Waals surface area (Å²) < 4.78 is 3.63. The van der Waals surface area contributed by atoms with Gasteiger partial charge >= 0.3 is 0 Å². The number of nitrogens with one attached hydrogen (secondary N) is 3. The largest absolute Gasteiger partial charge is 0.380 e. The molecule has 0 bridgehead atoms. The SMILES string of the molecule is C=C(CCCCCCCc1cc2c(=O)[nH]ccc2cc1CC)NCC(=O)N1CCCC1C(C(=C)NSC1CC1)[C@@H](C)CCCCCCC. The van der Waals surface area contributed by atoms with Crippen LogP contribution in [0.4, 0.5) is 0 Å². The van der Waals surface area contributed by atoms with Gasteiger partial charge < -0.3 is 19.9 Å². The number of H-pyrrole nitrogens is 1. The second-order valence-corrected chi connectivity index (χ2v) is 15.6. The van der Waals surface area contributed by atoms with Gasteiger partial charge in [0.15, 0.2) is 0 Å². The smallest absolute Gasteiger partial charge is 0.255 e. The third kappa shape index (κ3) is 11.7. The maximum absolute atomic E-state index is 13.6. The Morgan fingerprint density at radius 1 is 1.00 bits per heavy atom. The number of hydrogen-bond donors (Lipinski definition) is 3. The monoisotopic (exact) mass is 676 g/mol. The molecule has 2 aliphatic rings. The lowest BCUT2D eigenvalue weighted by molar-refractivity contribution is -0.131. The zero-order valence-electron chi connectivity index (χ0n) is 30.3. The van der Waals surface area contributed by atoms with E-state index in [-0.39, 0.29) is 23.4 Å². The summed E-state index contributed by atoms with van der Waals surface area (Å²) in [6, 6.07) is 6.50. The standard InChI is InChI=1S/C41H64N4O2S/c1-6-8-9-11-14-18-30(3)40(32(5)44-48-36-22-23-36)38-21-17-26-45(38)39(46)29-43-31(4)19-15-12-10-13-16-20-34-28-37-35(27-33(34)7-2)24-25-42-41(37)47/h24-25,27-28,30,36,38,40,43-44H,4-23,26,29H2,1-3H3,(H,42,47)/t30-,38?,40?/m0/s1. The van der Waals surface area contributed by atoms with Gasteiger partial charge in [0.25, 0.3) is 5.56 Å². The van der Waals surface area contributed by atoms with Gasteiger partial charge in [0.2, 0.25) is 5.91 Å². The Bertz CT molecular complexity index is 1380. The number of allylic oxidation sites excluding steroid dienone is 1. The molecule has 48 heavy (non-hydrogen) atoms. The first kappa shape index (κ1) is 38.1. The summed E-state index contributed by atoms with van der Waals surface area (Å²) in [6.07, 6.45) is 22.8. The number of rotatable bonds is 24. The lowest BCUT2D eigenvalue weighted by atomic mass is 9.81. The first-order valence-electron chi connectivity index (χ1n) is 19.3. The van der Waals surface area contributed by atoms with Crippen LogP contribution in [0, 0.1) is 11.8 Å². The Hall–Kier alpha value is -2.67. The van der Waals surface area contributed by atoms with Crippen molar-refractivity contribution in [1.29, 1.82) is 0 Å². The minimum Gasteiger partial charge on any atom is -0.380 e. The lowest BCUT2D eigenvalue weighted by Crippen LogP contribution is -2.46. The van der Waals surface area contributed by atoms with Crippen molar-refractivity contribution in [2.45, 2.75) is 148 Å². The van der Waals surface area contributed by atoms with Crippen molar-refractivity contribution in [2.75, 3.05) is 13.1 Å². The van der Waals surface area contributed by atoms with Gasteiger partial charge in [-0.05, 0) is 111 Å². The van der Waals surface area contributed by atoms with Crippen LogP contribution in [0.3, 0.4) is 0 Å². The fraction of sp³-hybridized carbons (Fsp3) is 0.659. The van der Waals surface area contributed by atoms with Crippen LogP contribution in [0.25, 0.3) is 10.8 Å². The Morgan fingerprint density at radius 2 is 1.75 bits per heavy atom.